The molecule has 2 rings (SSSR count). The van der Waals surface area contributed by atoms with Crippen LogP contribution in [0, 0.1) is 5.82 Å². The van der Waals surface area contributed by atoms with Gasteiger partial charge in [-0.3, -0.25) is 4.99 Å². The first kappa shape index (κ1) is 10.7. The molecule has 1 unspecified atom stereocenters. The summed E-state index contributed by atoms with van der Waals surface area (Å²) in [5.74, 6) is -0.219. The zero-order valence-corrected chi connectivity index (χ0v) is 8.71. The van der Waals surface area contributed by atoms with Crippen LogP contribution in [-0.4, -0.2) is 6.34 Å². The molecule has 1 aliphatic rings. The lowest BCUT2D eigenvalue weighted by atomic mass is 10.1. The maximum atomic E-state index is 12.7. The van der Waals surface area contributed by atoms with Crippen molar-refractivity contribution in [3.05, 3.63) is 29.6 Å². The second-order valence-corrected chi connectivity index (χ2v) is 2.83. The smallest absolute Gasteiger partial charge is 0.125 e. The fraction of sp³-hybridized carbons (Fsp3) is 0.364. The van der Waals surface area contributed by atoms with E-state index in [-0.39, 0.29) is 11.9 Å². The number of fused-ring (bicyclic) bond motifs is 1. The highest BCUT2D eigenvalue weighted by molar-refractivity contribution is 5.80. The highest BCUT2D eigenvalue weighted by Crippen LogP contribution is 2.28. The first-order valence-electron chi connectivity index (χ1n) is 4.85. The summed E-state index contributed by atoms with van der Waals surface area (Å²) in [7, 11) is 0. The lowest BCUT2D eigenvalue weighted by Gasteiger charge is -2.17. The summed E-state index contributed by atoms with van der Waals surface area (Å²) in [6.07, 6.45) is 1.60. The summed E-state index contributed by atoms with van der Waals surface area (Å²) in [5, 5.41) is 2.90. The largest absolute Gasteiger partial charge is 0.346 e. The predicted molar refractivity (Wildman–Crippen MR) is 58.3 cm³/mol. The third-order valence-electron chi connectivity index (χ3n) is 1.98. The van der Waals surface area contributed by atoms with Gasteiger partial charge in [-0.05, 0) is 19.1 Å². The zero-order chi connectivity index (χ0) is 10.6. The van der Waals surface area contributed by atoms with Gasteiger partial charge < -0.3 is 5.32 Å². The fourth-order valence-electron chi connectivity index (χ4n) is 1.32. The summed E-state index contributed by atoms with van der Waals surface area (Å²) < 4.78 is 12.7. The number of hydrogen-bond acceptors (Lipinski definition) is 2. The van der Waals surface area contributed by atoms with Crippen LogP contribution in [0.2, 0.25) is 0 Å². The van der Waals surface area contributed by atoms with Crippen LogP contribution in [0.15, 0.2) is 23.2 Å². The van der Waals surface area contributed by atoms with E-state index >= 15 is 0 Å². The van der Waals surface area contributed by atoms with Gasteiger partial charge in [-0.25, -0.2) is 4.39 Å². The Morgan fingerprint density at radius 1 is 1.36 bits per heavy atom. The minimum atomic E-state index is -0.219. The molecule has 1 aliphatic heterocycles. The third-order valence-corrected chi connectivity index (χ3v) is 1.98. The van der Waals surface area contributed by atoms with Gasteiger partial charge in [0.1, 0.15) is 5.82 Å². The molecule has 3 heteroatoms. The van der Waals surface area contributed by atoms with E-state index in [1.165, 1.54) is 12.1 Å². The van der Waals surface area contributed by atoms with Gasteiger partial charge in [-0.1, -0.05) is 19.9 Å². The van der Waals surface area contributed by atoms with Crippen molar-refractivity contribution in [2.24, 2.45) is 4.99 Å². The van der Waals surface area contributed by atoms with Crippen molar-refractivity contribution in [3.63, 3.8) is 0 Å². The Morgan fingerprint density at radius 2 is 2.07 bits per heavy atom. The molecule has 0 bridgehead atoms. The molecule has 0 aliphatic carbocycles. The summed E-state index contributed by atoms with van der Waals surface area (Å²) in [4.78, 5) is 4.14. The molecule has 1 aromatic rings. The van der Waals surface area contributed by atoms with Crippen molar-refractivity contribution in [2.75, 3.05) is 5.32 Å². The van der Waals surface area contributed by atoms with Gasteiger partial charge in [0.25, 0.3) is 0 Å². The number of nitrogens with one attached hydrogen (secondary N) is 1. The number of benzene rings is 1. The zero-order valence-electron chi connectivity index (χ0n) is 8.71. The van der Waals surface area contributed by atoms with Gasteiger partial charge in [0.2, 0.25) is 0 Å². The minimum absolute atomic E-state index is 0.127. The van der Waals surface area contributed by atoms with Crippen LogP contribution < -0.4 is 5.32 Å². The molecule has 76 valence electrons. The van der Waals surface area contributed by atoms with E-state index in [2.05, 4.69) is 10.3 Å². The Balaban J connectivity index is 0.000000461. The molecule has 1 N–H and O–H groups in total. The van der Waals surface area contributed by atoms with Crippen molar-refractivity contribution in [1.82, 2.24) is 0 Å². The van der Waals surface area contributed by atoms with Crippen LogP contribution in [-0.2, 0) is 0 Å². The molecule has 1 heterocycles. The van der Waals surface area contributed by atoms with E-state index in [1.54, 1.807) is 12.4 Å². The van der Waals surface area contributed by atoms with E-state index in [9.17, 15) is 4.39 Å². The lowest BCUT2D eigenvalue weighted by Crippen LogP contribution is -2.08. The van der Waals surface area contributed by atoms with E-state index < -0.39 is 0 Å². The molecule has 0 fully saturated rings. The second-order valence-electron chi connectivity index (χ2n) is 2.83. The molecule has 0 saturated carbocycles. The molecular weight excluding hydrogens is 179 g/mol. The van der Waals surface area contributed by atoms with Gasteiger partial charge in [-0.15, -0.1) is 0 Å². The second kappa shape index (κ2) is 4.74. The van der Waals surface area contributed by atoms with Gasteiger partial charge in [-0.2, -0.15) is 0 Å². The molecule has 1 aromatic carbocycles. The molecule has 0 radical (unpaired) electrons. The van der Waals surface area contributed by atoms with Crippen molar-refractivity contribution < 1.29 is 4.39 Å². The van der Waals surface area contributed by atoms with E-state index in [4.69, 9.17) is 0 Å². The Labute approximate surface area is 83.9 Å². The maximum Gasteiger partial charge on any atom is 0.125 e. The molecule has 0 saturated heterocycles. The quantitative estimate of drug-likeness (QED) is 0.672. The minimum Gasteiger partial charge on any atom is -0.346 e. The van der Waals surface area contributed by atoms with Crippen molar-refractivity contribution in [3.8, 4) is 0 Å². The van der Waals surface area contributed by atoms with E-state index in [0.29, 0.717) is 0 Å². The first-order chi connectivity index (χ1) is 6.77. The highest BCUT2D eigenvalue weighted by Gasteiger charge is 2.12. The Hall–Kier alpha value is -1.38. The normalized spacial score (nSPS) is 17.6. The van der Waals surface area contributed by atoms with Crippen LogP contribution >= 0.6 is 0 Å². The molecule has 0 aromatic heterocycles. The molecule has 2 nitrogen and oxygen atoms in total. The van der Waals surface area contributed by atoms with Crippen LogP contribution in [0.1, 0.15) is 32.4 Å². The van der Waals surface area contributed by atoms with Crippen LogP contribution in [0.5, 0.6) is 0 Å². The molecular formula is C11H15FN2. The van der Waals surface area contributed by atoms with Crippen LogP contribution in [0.25, 0.3) is 0 Å². The third kappa shape index (κ3) is 2.10. The van der Waals surface area contributed by atoms with E-state index in [1.807, 2.05) is 20.8 Å². The van der Waals surface area contributed by atoms with Gasteiger partial charge in [0.15, 0.2) is 0 Å². The average molecular weight is 194 g/mol. The fourth-order valence-corrected chi connectivity index (χ4v) is 1.32. The number of nitrogens with zero attached hydrogens (tertiary/aromatic N) is 1. The Kier molecular flexibility index (Phi) is 3.63. The summed E-state index contributed by atoms with van der Waals surface area (Å²) in [6.45, 7) is 5.98. The number of aliphatic imine (C=N–C) groups is 1. The summed E-state index contributed by atoms with van der Waals surface area (Å²) in [6, 6.07) is 4.83. The number of hydrogen-bond donors (Lipinski definition) is 1. The standard InChI is InChI=1S/C9H9FN2.C2H6/c1-6-8-3-2-7(10)4-9(8)12-5-11-6;1-2/h2-6H,1H3,(H,11,12);1-2H3. The van der Waals surface area contributed by atoms with Gasteiger partial charge in [0, 0.05) is 11.3 Å². The maximum absolute atomic E-state index is 12.7. The topological polar surface area (TPSA) is 24.4 Å². The molecule has 0 spiro atoms. The number of halogens is 1. The van der Waals surface area contributed by atoms with Crippen LogP contribution in [0.4, 0.5) is 10.1 Å². The Morgan fingerprint density at radius 3 is 2.79 bits per heavy atom. The number of rotatable bonds is 0. The van der Waals surface area contributed by atoms with Gasteiger partial charge >= 0.3 is 0 Å². The monoisotopic (exact) mass is 194 g/mol. The van der Waals surface area contributed by atoms with Gasteiger partial charge in [0.05, 0.1) is 12.4 Å². The van der Waals surface area contributed by atoms with Crippen LogP contribution in [0.3, 0.4) is 0 Å². The van der Waals surface area contributed by atoms with Crippen molar-refractivity contribution in [1.29, 1.82) is 0 Å². The SMILES string of the molecule is CC.CC1N=CNc2cc(F)ccc21. The average Bonchev–Trinajstić information content (AvgIpc) is 2.21. The first-order valence-corrected chi connectivity index (χ1v) is 4.85. The van der Waals surface area contributed by atoms with E-state index in [0.717, 1.165) is 11.3 Å². The predicted octanol–water partition coefficient (Wildman–Crippen LogP) is 3.37. The highest BCUT2D eigenvalue weighted by atomic mass is 19.1. The summed E-state index contributed by atoms with van der Waals surface area (Å²) in [5.41, 5.74) is 1.86. The summed E-state index contributed by atoms with van der Waals surface area (Å²) >= 11 is 0. The number of anilines is 1. The Bertz CT molecular complexity index is 334. The van der Waals surface area contributed by atoms with Crippen molar-refractivity contribution >= 4 is 12.0 Å². The molecule has 1 atom stereocenters. The van der Waals surface area contributed by atoms with Crippen molar-refractivity contribution in [2.45, 2.75) is 26.8 Å². The lowest BCUT2D eigenvalue weighted by molar-refractivity contribution is 0.626. The molecule has 0 amide bonds. The molecule has 14 heavy (non-hydrogen) atoms.